The van der Waals surface area contributed by atoms with Gasteiger partial charge in [-0.15, -0.1) is 0 Å². The van der Waals surface area contributed by atoms with E-state index in [9.17, 15) is 0 Å². The van der Waals surface area contributed by atoms with Crippen LogP contribution in [0.3, 0.4) is 0 Å². The Morgan fingerprint density at radius 3 is 2.27 bits per heavy atom. The van der Waals surface area contributed by atoms with Crippen LogP contribution in [0.4, 0.5) is 0 Å². The van der Waals surface area contributed by atoms with Gasteiger partial charge in [0.1, 0.15) is 0 Å². The highest BCUT2D eigenvalue weighted by Crippen LogP contribution is 2.29. The molecule has 0 heterocycles. The number of hydrogen-bond acceptors (Lipinski definition) is 0. The first-order valence-corrected chi connectivity index (χ1v) is 5.87. The summed E-state index contributed by atoms with van der Waals surface area (Å²) >= 11 is 0. The lowest BCUT2D eigenvalue weighted by molar-refractivity contribution is 0.736. The third kappa shape index (κ3) is 3.23. The molecule has 0 saturated heterocycles. The van der Waals surface area contributed by atoms with E-state index >= 15 is 0 Å². The second-order valence-corrected chi connectivity index (χ2v) is 4.33. The topological polar surface area (TPSA) is 0 Å². The average molecular weight is 202 g/mol. The molecule has 0 N–H and O–H groups in total. The van der Waals surface area contributed by atoms with Crippen molar-refractivity contribution in [3.05, 3.63) is 47.6 Å². The van der Waals surface area contributed by atoms with Gasteiger partial charge in [-0.05, 0) is 32.3 Å². The van der Waals surface area contributed by atoms with Crippen molar-refractivity contribution in [2.24, 2.45) is 5.92 Å². The highest BCUT2D eigenvalue weighted by Gasteiger charge is 2.13. The molecular weight excluding hydrogens is 180 g/mol. The first kappa shape index (κ1) is 12.0. The molecule has 0 spiro atoms. The average Bonchev–Trinajstić information content (AvgIpc) is 2.71. The van der Waals surface area contributed by atoms with Gasteiger partial charge >= 0.3 is 0 Å². The summed E-state index contributed by atoms with van der Waals surface area (Å²) in [5.74, 6) is 0.522. The van der Waals surface area contributed by atoms with Crippen LogP contribution in [0.5, 0.6) is 0 Å². The Bertz CT molecular complexity index is 301. The summed E-state index contributed by atoms with van der Waals surface area (Å²) in [5, 5.41) is 0. The molecule has 0 aromatic carbocycles. The second kappa shape index (κ2) is 5.75. The molecule has 0 unspecified atom stereocenters. The zero-order valence-corrected chi connectivity index (χ0v) is 10.2. The van der Waals surface area contributed by atoms with Crippen LogP contribution < -0.4 is 0 Å². The summed E-state index contributed by atoms with van der Waals surface area (Å²) in [6.45, 7) is 10.6. The molecule has 82 valence electrons. The Morgan fingerprint density at radius 2 is 1.80 bits per heavy atom. The van der Waals surface area contributed by atoms with Crippen molar-refractivity contribution >= 4 is 0 Å². The lowest BCUT2D eigenvalue weighted by Crippen LogP contribution is -2.00. The first-order chi connectivity index (χ1) is 7.16. The van der Waals surface area contributed by atoms with E-state index < -0.39 is 0 Å². The minimum atomic E-state index is 0.522. The molecule has 1 aliphatic carbocycles. The monoisotopic (exact) mass is 202 g/mol. The quantitative estimate of drug-likeness (QED) is 0.561. The maximum atomic E-state index is 4.05. The molecule has 15 heavy (non-hydrogen) atoms. The number of allylic oxidation sites excluding steroid dienone is 7. The number of unbranched alkanes of at least 4 members (excludes halogenated alkanes) is 1. The van der Waals surface area contributed by atoms with E-state index in [0.29, 0.717) is 5.92 Å². The van der Waals surface area contributed by atoms with Crippen molar-refractivity contribution in [1.82, 2.24) is 0 Å². The van der Waals surface area contributed by atoms with Gasteiger partial charge in [-0.1, -0.05) is 55.4 Å². The number of rotatable bonds is 5. The minimum absolute atomic E-state index is 0.522. The van der Waals surface area contributed by atoms with E-state index in [1.54, 1.807) is 5.57 Å². The zero-order valence-electron chi connectivity index (χ0n) is 10.2. The molecule has 0 fully saturated rings. The lowest BCUT2D eigenvalue weighted by atomic mass is 9.89. The van der Waals surface area contributed by atoms with Crippen LogP contribution in [-0.2, 0) is 0 Å². The molecule has 0 aromatic rings. The third-order valence-electron chi connectivity index (χ3n) is 3.07. The minimum Gasteiger partial charge on any atom is -0.0958 e. The van der Waals surface area contributed by atoms with Crippen LogP contribution in [-0.4, -0.2) is 0 Å². The van der Waals surface area contributed by atoms with Crippen molar-refractivity contribution in [1.29, 1.82) is 0 Å². The van der Waals surface area contributed by atoms with E-state index in [-0.39, 0.29) is 0 Å². The van der Waals surface area contributed by atoms with Crippen LogP contribution in [0.2, 0.25) is 0 Å². The van der Waals surface area contributed by atoms with Crippen LogP contribution in [0.25, 0.3) is 0 Å². The summed E-state index contributed by atoms with van der Waals surface area (Å²) in [7, 11) is 0. The lowest BCUT2D eigenvalue weighted by Gasteiger charge is -2.16. The van der Waals surface area contributed by atoms with E-state index in [1.165, 1.54) is 30.4 Å². The fourth-order valence-electron chi connectivity index (χ4n) is 1.91. The van der Waals surface area contributed by atoms with Crippen molar-refractivity contribution in [3.8, 4) is 0 Å². The molecule has 0 amide bonds. The van der Waals surface area contributed by atoms with Gasteiger partial charge in [-0.25, -0.2) is 0 Å². The highest BCUT2D eigenvalue weighted by molar-refractivity contribution is 5.38. The summed E-state index contributed by atoms with van der Waals surface area (Å²) in [6.07, 6.45) is 12.6. The Hall–Kier alpha value is -1.04. The standard InChI is InChI=1S/C15H22/c1-5-6-11-15(13(4)12(2)3)14-9-7-8-10-14/h7-10,14H,2,5-6,11H2,1,3-4H3. The molecule has 0 aliphatic heterocycles. The summed E-state index contributed by atoms with van der Waals surface area (Å²) < 4.78 is 0. The predicted octanol–water partition coefficient (Wildman–Crippen LogP) is 4.81. The van der Waals surface area contributed by atoms with E-state index in [2.05, 4.69) is 51.7 Å². The van der Waals surface area contributed by atoms with Crippen LogP contribution in [0, 0.1) is 5.92 Å². The molecule has 0 atom stereocenters. The van der Waals surface area contributed by atoms with Crippen molar-refractivity contribution < 1.29 is 0 Å². The first-order valence-electron chi connectivity index (χ1n) is 5.87. The van der Waals surface area contributed by atoms with Gasteiger partial charge < -0.3 is 0 Å². The maximum absolute atomic E-state index is 4.05. The fourth-order valence-corrected chi connectivity index (χ4v) is 1.91. The zero-order chi connectivity index (χ0) is 11.3. The second-order valence-electron chi connectivity index (χ2n) is 4.33. The Kier molecular flexibility index (Phi) is 4.61. The highest BCUT2D eigenvalue weighted by atomic mass is 14.2. The normalized spacial score (nSPS) is 17.0. The van der Waals surface area contributed by atoms with Crippen LogP contribution >= 0.6 is 0 Å². The van der Waals surface area contributed by atoms with Gasteiger partial charge in [0.25, 0.3) is 0 Å². The SMILES string of the molecule is C=C(C)C(C)=C(CCCC)C1C=CC=C1. The van der Waals surface area contributed by atoms with Gasteiger partial charge in [0, 0.05) is 5.92 Å². The van der Waals surface area contributed by atoms with Gasteiger partial charge in [0.2, 0.25) is 0 Å². The van der Waals surface area contributed by atoms with E-state index in [1.807, 2.05) is 0 Å². The van der Waals surface area contributed by atoms with Gasteiger partial charge in [0.05, 0.1) is 0 Å². The van der Waals surface area contributed by atoms with Crippen LogP contribution in [0.1, 0.15) is 40.0 Å². The molecule has 0 heteroatoms. The molecule has 0 aromatic heterocycles. The van der Waals surface area contributed by atoms with E-state index in [0.717, 1.165) is 0 Å². The van der Waals surface area contributed by atoms with Crippen molar-refractivity contribution in [2.45, 2.75) is 40.0 Å². The summed E-state index contributed by atoms with van der Waals surface area (Å²) in [6, 6.07) is 0. The molecule has 1 rings (SSSR count). The maximum Gasteiger partial charge on any atom is 0.0169 e. The smallest absolute Gasteiger partial charge is 0.0169 e. The fraction of sp³-hybridized carbons (Fsp3) is 0.467. The molecule has 0 saturated carbocycles. The Labute approximate surface area is 94.1 Å². The predicted molar refractivity (Wildman–Crippen MR) is 68.8 cm³/mol. The Morgan fingerprint density at radius 1 is 1.20 bits per heavy atom. The van der Waals surface area contributed by atoms with Gasteiger partial charge in [0.15, 0.2) is 0 Å². The van der Waals surface area contributed by atoms with Crippen molar-refractivity contribution in [2.75, 3.05) is 0 Å². The van der Waals surface area contributed by atoms with Crippen LogP contribution in [0.15, 0.2) is 47.6 Å². The van der Waals surface area contributed by atoms with Gasteiger partial charge in [-0.3, -0.25) is 0 Å². The molecular formula is C15H22. The molecule has 0 bridgehead atoms. The third-order valence-corrected chi connectivity index (χ3v) is 3.07. The van der Waals surface area contributed by atoms with Crippen molar-refractivity contribution in [3.63, 3.8) is 0 Å². The van der Waals surface area contributed by atoms with E-state index in [4.69, 9.17) is 0 Å². The molecule has 0 radical (unpaired) electrons. The number of hydrogen-bond donors (Lipinski definition) is 0. The largest absolute Gasteiger partial charge is 0.0958 e. The molecule has 1 aliphatic rings. The Balaban J connectivity index is 2.86. The molecule has 0 nitrogen and oxygen atoms in total. The van der Waals surface area contributed by atoms with Gasteiger partial charge in [-0.2, -0.15) is 0 Å². The summed E-state index contributed by atoms with van der Waals surface area (Å²) in [5.41, 5.74) is 4.15. The summed E-state index contributed by atoms with van der Waals surface area (Å²) in [4.78, 5) is 0.